The molecule has 0 spiro atoms. The Morgan fingerprint density at radius 1 is 1.48 bits per heavy atom. The minimum absolute atomic E-state index is 0.282. The SMILES string of the molecule is CC(C)(C)OC(=O)C1O[C@@H]2CNCC[C@]2(c2cccc(Br)n2)O1. The lowest BCUT2D eigenvalue weighted by Crippen LogP contribution is -2.50. The molecule has 2 saturated heterocycles. The number of hydrogen-bond acceptors (Lipinski definition) is 6. The summed E-state index contributed by atoms with van der Waals surface area (Å²) in [4.78, 5) is 16.9. The Bertz CT molecular complexity index is 604. The Hall–Kier alpha value is -1.02. The van der Waals surface area contributed by atoms with E-state index in [1.807, 2.05) is 39.0 Å². The molecule has 126 valence electrons. The Balaban J connectivity index is 1.87. The average molecular weight is 385 g/mol. The van der Waals surface area contributed by atoms with Gasteiger partial charge in [-0.3, -0.25) is 0 Å². The van der Waals surface area contributed by atoms with Gasteiger partial charge in [-0.15, -0.1) is 0 Å². The first-order chi connectivity index (χ1) is 10.8. The van der Waals surface area contributed by atoms with Gasteiger partial charge in [0.05, 0.1) is 5.69 Å². The van der Waals surface area contributed by atoms with E-state index in [1.165, 1.54) is 0 Å². The van der Waals surface area contributed by atoms with Crippen LogP contribution in [0, 0.1) is 0 Å². The first-order valence-corrected chi connectivity index (χ1v) is 8.49. The maximum absolute atomic E-state index is 12.3. The van der Waals surface area contributed by atoms with Crippen LogP contribution in [0.5, 0.6) is 0 Å². The number of rotatable bonds is 2. The number of pyridine rings is 1. The van der Waals surface area contributed by atoms with Gasteiger partial charge in [0.2, 0.25) is 0 Å². The Kier molecular flexibility index (Phi) is 4.48. The number of hydrogen-bond donors (Lipinski definition) is 1. The number of ether oxygens (including phenoxy) is 3. The molecular formula is C16H21BrN2O4. The van der Waals surface area contributed by atoms with Crippen LogP contribution in [0.25, 0.3) is 0 Å². The van der Waals surface area contributed by atoms with Crippen LogP contribution in [0.2, 0.25) is 0 Å². The van der Waals surface area contributed by atoms with Crippen LogP contribution < -0.4 is 5.32 Å². The van der Waals surface area contributed by atoms with Crippen molar-refractivity contribution in [1.29, 1.82) is 0 Å². The third kappa shape index (κ3) is 3.42. The van der Waals surface area contributed by atoms with Crippen LogP contribution in [0.1, 0.15) is 32.9 Å². The van der Waals surface area contributed by atoms with Crippen molar-refractivity contribution in [3.8, 4) is 0 Å². The van der Waals surface area contributed by atoms with E-state index >= 15 is 0 Å². The highest BCUT2D eigenvalue weighted by Gasteiger charge is 2.55. The molecule has 0 saturated carbocycles. The van der Waals surface area contributed by atoms with Crippen LogP contribution in [0.4, 0.5) is 0 Å². The van der Waals surface area contributed by atoms with E-state index in [9.17, 15) is 4.79 Å². The second-order valence-electron chi connectivity index (χ2n) is 6.80. The Labute approximate surface area is 144 Å². The van der Waals surface area contributed by atoms with Crippen LogP contribution >= 0.6 is 15.9 Å². The van der Waals surface area contributed by atoms with Crippen molar-refractivity contribution >= 4 is 21.9 Å². The predicted molar refractivity (Wildman–Crippen MR) is 86.7 cm³/mol. The summed E-state index contributed by atoms with van der Waals surface area (Å²) in [6.07, 6.45) is -0.629. The number of esters is 1. The topological polar surface area (TPSA) is 69.7 Å². The van der Waals surface area contributed by atoms with Gasteiger partial charge in [-0.25, -0.2) is 9.78 Å². The van der Waals surface area contributed by atoms with Gasteiger partial charge in [-0.05, 0) is 61.8 Å². The molecule has 7 heteroatoms. The molecule has 2 aliphatic rings. The molecule has 1 unspecified atom stereocenters. The fourth-order valence-electron chi connectivity index (χ4n) is 2.94. The zero-order valence-electron chi connectivity index (χ0n) is 13.5. The van der Waals surface area contributed by atoms with E-state index in [4.69, 9.17) is 14.2 Å². The van der Waals surface area contributed by atoms with E-state index in [-0.39, 0.29) is 6.10 Å². The highest BCUT2D eigenvalue weighted by molar-refractivity contribution is 9.10. The van der Waals surface area contributed by atoms with Gasteiger partial charge in [0.15, 0.2) is 0 Å². The molecular weight excluding hydrogens is 364 g/mol. The lowest BCUT2D eigenvalue weighted by Gasteiger charge is -2.36. The molecule has 0 bridgehead atoms. The summed E-state index contributed by atoms with van der Waals surface area (Å²) in [5.41, 5.74) is -0.544. The summed E-state index contributed by atoms with van der Waals surface area (Å²) < 4.78 is 18.1. The number of nitrogens with one attached hydrogen (secondary N) is 1. The molecule has 2 aliphatic heterocycles. The van der Waals surface area contributed by atoms with Crippen LogP contribution in [0.15, 0.2) is 22.8 Å². The molecule has 0 radical (unpaired) electrons. The molecule has 0 amide bonds. The van der Waals surface area contributed by atoms with E-state index < -0.39 is 23.5 Å². The quantitative estimate of drug-likeness (QED) is 0.621. The number of halogens is 1. The van der Waals surface area contributed by atoms with Crippen molar-refractivity contribution in [2.75, 3.05) is 13.1 Å². The van der Waals surface area contributed by atoms with Crippen molar-refractivity contribution in [1.82, 2.24) is 10.3 Å². The van der Waals surface area contributed by atoms with Crippen LogP contribution in [-0.4, -0.2) is 42.0 Å². The van der Waals surface area contributed by atoms with Crippen molar-refractivity contribution < 1.29 is 19.0 Å². The first kappa shape index (κ1) is 16.8. The second kappa shape index (κ2) is 6.12. The molecule has 3 atom stereocenters. The maximum atomic E-state index is 12.3. The van der Waals surface area contributed by atoms with Gasteiger partial charge >= 0.3 is 5.97 Å². The van der Waals surface area contributed by atoms with Crippen LogP contribution in [0.3, 0.4) is 0 Å². The summed E-state index contributed by atoms with van der Waals surface area (Å²) in [5, 5.41) is 3.28. The number of aromatic nitrogens is 1. The summed E-state index contributed by atoms with van der Waals surface area (Å²) in [6.45, 7) is 6.84. The highest BCUT2D eigenvalue weighted by atomic mass is 79.9. The van der Waals surface area contributed by atoms with Crippen LogP contribution in [-0.2, 0) is 24.6 Å². The molecule has 1 aromatic heterocycles. The molecule has 1 aromatic rings. The molecule has 1 N–H and O–H groups in total. The van der Waals surface area contributed by atoms with Gasteiger partial charge < -0.3 is 19.5 Å². The zero-order valence-corrected chi connectivity index (χ0v) is 15.1. The minimum atomic E-state index is -1.03. The number of carbonyl (C=O) groups excluding carboxylic acids is 1. The third-order valence-corrected chi connectivity index (χ3v) is 4.32. The highest BCUT2D eigenvalue weighted by Crippen LogP contribution is 2.43. The van der Waals surface area contributed by atoms with E-state index in [2.05, 4.69) is 26.2 Å². The molecule has 0 aliphatic carbocycles. The molecule has 3 rings (SSSR count). The summed E-state index contributed by atoms with van der Waals surface area (Å²) in [5.74, 6) is -0.499. The number of piperidine rings is 1. The monoisotopic (exact) mass is 384 g/mol. The molecule has 3 heterocycles. The largest absolute Gasteiger partial charge is 0.456 e. The fourth-order valence-corrected chi connectivity index (χ4v) is 3.29. The molecule has 2 fully saturated rings. The maximum Gasteiger partial charge on any atom is 0.364 e. The Morgan fingerprint density at radius 2 is 2.26 bits per heavy atom. The summed E-state index contributed by atoms with van der Waals surface area (Å²) in [7, 11) is 0. The van der Waals surface area contributed by atoms with Crippen molar-refractivity contribution in [2.45, 2.75) is 50.8 Å². The lowest BCUT2D eigenvalue weighted by molar-refractivity contribution is -0.190. The number of fused-ring (bicyclic) bond motifs is 1. The van der Waals surface area contributed by atoms with Gasteiger partial charge in [0.25, 0.3) is 6.29 Å². The van der Waals surface area contributed by atoms with Crippen molar-refractivity contribution in [2.24, 2.45) is 0 Å². The van der Waals surface area contributed by atoms with Gasteiger partial charge in [-0.1, -0.05) is 6.07 Å². The third-order valence-electron chi connectivity index (χ3n) is 3.88. The summed E-state index contributed by atoms with van der Waals surface area (Å²) >= 11 is 3.39. The lowest BCUT2D eigenvalue weighted by atomic mass is 9.86. The fraction of sp³-hybridized carbons (Fsp3) is 0.625. The van der Waals surface area contributed by atoms with Crippen molar-refractivity contribution in [3.05, 3.63) is 28.5 Å². The van der Waals surface area contributed by atoms with Crippen molar-refractivity contribution in [3.63, 3.8) is 0 Å². The predicted octanol–water partition coefficient (Wildman–Crippen LogP) is 2.12. The smallest absolute Gasteiger partial charge is 0.364 e. The standard InChI is InChI=1S/C16H21BrN2O4/c1-15(2,3)22-13(20)14-21-11-9-18-8-7-16(11,23-14)10-5-4-6-12(17)19-10/h4-6,11,14,18H,7-9H2,1-3H3/t11-,14?,16-/m1/s1. The summed E-state index contributed by atoms with van der Waals surface area (Å²) in [6, 6.07) is 5.67. The number of nitrogens with zero attached hydrogens (tertiary/aromatic N) is 1. The van der Waals surface area contributed by atoms with Gasteiger partial charge in [0.1, 0.15) is 21.9 Å². The molecule has 6 nitrogen and oxygen atoms in total. The van der Waals surface area contributed by atoms with Gasteiger partial charge in [0, 0.05) is 6.54 Å². The van der Waals surface area contributed by atoms with E-state index in [1.54, 1.807) is 0 Å². The molecule has 23 heavy (non-hydrogen) atoms. The Morgan fingerprint density at radius 3 is 2.96 bits per heavy atom. The first-order valence-electron chi connectivity index (χ1n) is 7.70. The van der Waals surface area contributed by atoms with Gasteiger partial charge in [-0.2, -0.15) is 0 Å². The zero-order chi connectivity index (χ0) is 16.7. The second-order valence-corrected chi connectivity index (χ2v) is 7.61. The minimum Gasteiger partial charge on any atom is -0.456 e. The normalized spacial score (nSPS) is 30.8. The van der Waals surface area contributed by atoms with E-state index in [0.29, 0.717) is 13.0 Å². The number of carbonyl (C=O) groups is 1. The average Bonchev–Trinajstić information content (AvgIpc) is 2.86. The molecule has 0 aromatic carbocycles. The van der Waals surface area contributed by atoms with E-state index in [0.717, 1.165) is 16.8 Å².